The normalized spacial score (nSPS) is 12.1. The first-order chi connectivity index (χ1) is 13.1. The summed E-state index contributed by atoms with van der Waals surface area (Å²) in [6.45, 7) is 0. The van der Waals surface area contributed by atoms with Gasteiger partial charge in [0.2, 0.25) is 0 Å². The predicted molar refractivity (Wildman–Crippen MR) is 110 cm³/mol. The van der Waals surface area contributed by atoms with Gasteiger partial charge in [-0.05, 0) is 53.8 Å². The molecule has 6 heteroatoms. The van der Waals surface area contributed by atoms with Crippen molar-refractivity contribution in [2.45, 2.75) is 12.8 Å². The maximum Gasteiger partial charge on any atom is 0.265 e. The first-order valence-corrected chi connectivity index (χ1v) is 9.80. The van der Waals surface area contributed by atoms with Crippen LogP contribution in [-0.2, 0) is 12.8 Å². The van der Waals surface area contributed by atoms with Gasteiger partial charge in [0.25, 0.3) is 11.8 Å². The average molecular weight is 397 g/mol. The van der Waals surface area contributed by atoms with E-state index in [1.807, 2.05) is 12.1 Å². The van der Waals surface area contributed by atoms with Gasteiger partial charge in [-0.2, -0.15) is 0 Å². The van der Waals surface area contributed by atoms with Crippen molar-refractivity contribution in [2.75, 3.05) is 12.4 Å². The molecule has 0 fully saturated rings. The number of benzene rings is 2. The first-order valence-electron chi connectivity index (χ1n) is 8.61. The summed E-state index contributed by atoms with van der Waals surface area (Å²) < 4.78 is 0. The van der Waals surface area contributed by atoms with Crippen LogP contribution in [0, 0.1) is 0 Å². The Morgan fingerprint density at radius 1 is 1.00 bits per heavy atom. The number of anilines is 1. The van der Waals surface area contributed by atoms with Crippen LogP contribution in [0.1, 0.15) is 31.2 Å². The van der Waals surface area contributed by atoms with Gasteiger partial charge in [0.05, 0.1) is 15.5 Å². The molecule has 2 amide bonds. The zero-order valence-electron chi connectivity index (χ0n) is 14.6. The monoisotopic (exact) mass is 396 g/mol. The number of aryl methyl sites for hydroxylation is 2. The minimum Gasteiger partial charge on any atom is -0.355 e. The molecule has 4 rings (SSSR count). The second-order valence-corrected chi connectivity index (χ2v) is 7.81. The van der Waals surface area contributed by atoms with E-state index in [4.69, 9.17) is 11.6 Å². The lowest BCUT2D eigenvalue weighted by atomic mass is 9.91. The maximum atomic E-state index is 12.7. The van der Waals surface area contributed by atoms with Crippen LogP contribution < -0.4 is 10.6 Å². The fourth-order valence-corrected chi connectivity index (χ4v) is 4.72. The van der Waals surface area contributed by atoms with Crippen LogP contribution in [0.2, 0.25) is 5.02 Å². The van der Waals surface area contributed by atoms with E-state index in [2.05, 4.69) is 28.8 Å². The Hall–Kier alpha value is -2.63. The van der Waals surface area contributed by atoms with E-state index >= 15 is 0 Å². The molecule has 0 aliphatic heterocycles. The Bertz CT molecular complexity index is 1060. The minimum atomic E-state index is -0.262. The molecule has 2 aromatic carbocycles. The SMILES string of the molecule is CNC(=O)c1ccc(NC(=O)c2cc3c(s2)-c2ccccc2CC3)cc1Cl. The van der Waals surface area contributed by atoms with Crippen LogP contribution in [0.3, 0.4) is 0 Å². The third kappa shape index (κ3) is 3.36. The van der Waals surface area contributed by atoms with E-state index in [1.165, 1.54) is 32.9 Å². The summed E-state index contributed by atoms with van der Waals surface area (Å²) in [6, 6.07) is 15.2. The zero-order chi connectivity index (χ0) is 19.0. The summed E-state index contributed by atoms with van der Waals surface area (Å²) in [5, 5.41) is 5.70. The fourth-order valence-electron chi connectivity index (χ4n) is 3.29. The van der Waals surface area contributed by atoms with Crippen molar-refractivity contribution in [3.8, 4) is 10.4 Å². The molecule has 0 unspecified atom stereocenters. The number of carbonyl (C=O) groups is 2. The van der Waals surface area contributed by atoms with E-state index in [0.717, 1.165) is 12.8 Å². The lowest BCUT2D eigenvalue weighted by Crippen LogP contribution is -2.18. The molecule has 2 N–H and O–H groups in total. The van der Waals surface area contributed by atoms with Gasteiger partial charge in [0.1, 0.15) is 0 Å². The number of carbonyl (C=O) groups excluding carboxylic acids is 2. The summed E-state index contributed by atoms with van der Waals surface area (Å²) >= 11 is 7.67. The van der Waals surface area contributed by atoms with E-state index in [1.54, 1.807) is 25.2 Å². The Kier molecular flexibility index (Phi) is 4.72. The molecule has 0 bridgehead atoms. The van der Waals surface area contributed by atoms with Crippen molar-refractivity contribution in [3.05, 3.63) is 75.1 Å². The molecular formula is C21H17ClN2O2S. The molecule has 1 aromatic heterocycles. The van der Waals surface area contributed by atoms with Crippen LogP contribution in [0.5, 0.6) is 0 Å². The Balaban J connectivity index is 1.58. The highest BCUT2D eigenvalue weighted by molar-refractivity contribution is 7.17. The van der Waals surface area contributed by atoms with Crippen molar-refractivity contribution in [2.24, 2.45) is 0 Å². The minimum absolute atomic E-state index is 0.171. The summed E-state index contributed by atoms with van der Waals surface area (Å²) in [4.78, 5) is 26.3. The van der Waals surface area contributed by atoms with Crippen molar-refractivity contribution >= 4 is 40.4 Å². The highest BCUT2D eigenvalue weighted by Crippen LogP contribution is 2.39. The molecule has 3 aromatic rings. The third-order valence-electron chi connectivity index (χ3n) is 4.66. The molecule has 4 nitrogen and oxygen atoms in total. The van der Waals surface area contributed by atoms with Crippen LogP contribution >= 0.6 is 22.9 Å². The maximum absolute atomic E-state index is 12.7. The van der Waals surface area contributed by atoms with Gasteiger partial charge in [0.15, 0.2) is 0 Å². The van der Waals surface area contributed by atoms with Gasteiger partial charge in [-0.3, -0.25) is 9.59 Å². The molecule has 0 saturated heterocycles. The standard InChI is InChI=1S/C21H17ClN2O2S/c1-23-20(25)16-9-8-14(11-17(16)22)24-21(26)18-10-13-7-6-12-4-2-3-5-15(12)19(13)27-18/h2-5,8-11H,6-7H2,1H3,(H,23,25)(H,24,26). The predicted octanol–water partition coefficient (Wildman–Crippen LogP) is 4.78. The highest BCUT2D eigenvalue weighted by Gasteiger charge is 2.21. The molecule has 0 radical (unpaired) electrons. The fraction of sp³-hybridized carbons (Fsp3) is 0.143. The Morgan fingerprint density at radius 2 is 1.78 bits per heavy atom. The number of rotatable bonds is 3. The van der Waals surface area contributed by atoms with Gasteiger partial charge in [-0.1, -0.05) is 35.9 Å². The van der Waals surface area contributed by atoms with Crippen molar-refractivity contribution in [1.82, 2.24) is 5.32 Å². The number of amides is 2. The van der Waals surface area contributed by atoms with Gasteiger partial charge in [0, 0.05) is 17.6 Å². The second kappa shape index (κ2) is 7.18. The summed E-state index contributed by atoms with van der Waals surface area (Å²) in [6.07, 6.45) is 1.94. The van der Waals surface area contributed by atoms with Gasteiger partial charge in [-0.15, -0.1) is 11.3 Å². The molecule has 0 spiro atoms. The number of nitrogens with one attached hydrogen (secondary N) is 2. The second-order valence-electron chi connectivity index (χ2n) is 6.35. The molecular weight excluding hydrogens is 380 g/mol. The van der Waals surface area contributed by atoms with Crippen LogP contribution in [0.15, 0.2) is 48.5 Å². The lowest BCUT2D eigenvalue weighted by Gasteiger charge is -2.15. The Labute approximate surface area is 166 Å². The quantitative estimate of drug-likeness (QED) is 0.669. The number of thiophene rings is 1. The van der Waals surface area contributed by atoms with E-state index in [0.29, 0.717) is 21.2 Å². The van der Waals surface area contributed by atoms with Crippen LogP contribution in [0.25, 0.3) is 10.4 Å². The molecule has 1 heterocycles. The molecule has 1 aliphatic rings. The van der Waals surface area contributed by atoms with Crippen molar-refractivity contribution in [3.63, 3.8) is 0 Å². The van der Waals surface area contributed by atoms with Gasteiger partial charge >= 0.3 is 0 Å². The molecule has 0 atom stereocenters. The molecule has 1 aliphatic carbocycles. The van der Waals surface area contributed by atoms with E-state index < -0.39 is 0 Å². The molecule has 136 valence electrons. The topological polar surface area (TPSA) is 58.2 Å². The smallest absolute Gasteiger partial charge is 0.265 e. The Morgan fingerprint density at radius 3 is 2.56 bits per heavy atom. The summed E-state index contributed by atoms with van der Waals surface area (Å²) in [5.74, 6) is -0.432. The lowest BCUT2D eigenvalue weighted by molar-refractivity contribution is 0.0962. The first kappa shape index (κ1) is 17.8. The van der Waals surface area contributed by atoms with Crippen molar-refractivity contribution in [1.29, 1.82) is 0 Å². The highest BCUT2D eigenvalue weighted by atomic mass is 35.5. The molecule has 27 heavy (non-hydrogen) atoms. The third-order valence-corrected chi connectivity index (χ3v) is 6.18. The van der Waals surface area contributed by atoms with Crippen molar-refractivity contribution < 1.29 is 9.59 Å². The zero-order valence-corrected chi connectivity index (χ0v) is 16.2. The van der Waals surface area contributed by atoms with Gasteiger partial charge in [-0.25, -0.2) is 0 Å². The van der Waals surface area contributed by atoms with Crippen LogP contribution in [-0.4, -0.2) is 18.9 Å². The van der Waals surface area contributed by atoms with Crippen LogP contribution in [0.4, 0.5) is 5.69 Å². The largest absolute Gasteiger partial charge is 0.355 e. The van der Waals surface area contributed by atoms with Gasteiger partial charge < -0.3 is 10.6 Å². The van der Waals surface area contributed by atoms with E-state index in [9.17, 15) is 9.59 Å². The number of halogens is 1. The summed E-state index contributed by atoms with van der Waals surface area (Å²) in [7, 11) is 1.55. The van der Waals surface area contributed by atoms with E-state index in [-0.39, 0.29) is 11.8 Å². The molecule has 0 saturated carbocycles. The number of hydrogen-bond acceptors (Lipinski definition) is 3. The average Bonchev–Trinajstić information content (AvgIpc) is 3.12. The number of fused-ring (bicyclic) bond motifs is 3. The number of hydrogen-bond donors (Lipinski definition) is 2. The summed E-state index contributed by atoms with van der Waals surface area (Å²) in [5.41, 5.74) is 4.71.